The van der Waals surface area contributed by atoms with Crippen LogP contribution < -0.4 is 5.56 Å². The normalized spacial score (nSPS) is 11.0. The quantitative estimate of drug-likeness (QED) is 0.798. The number of aliphatic hydroxyl groups excluding tert-OH is 2. The van der Waals surface area contributed by atoms with E-state index in [0.717, 1.165) is 11.0 Å². The van der Waals surface area contributed by atoms with Crippen molar-refractivity contribution in [2.45, 2.75) is 19.4 Å². The van der Waals surface area contributed by atoms with Crippen LogP contribution in [-0.2, 0) is 13.0 Å². The molecular weight excluding hydrogens is 232 g/mol. The summed E-state index contributed by atoms with van der Waals surface area (Å²) in [5.41, 5.74) is 1.72. The Morgan fingerprint density at radius 2 is 1.94 bits per heavy atom. The number of benzene rings is 1. The van der Waals surface area contributed by atoms with E-state index in [9.17, 15) is 4.79 Å². The van der Waals surface area contributed by atoms with Gasteiger partial charge < -0.3 is 14.8 Å². The van der Waals surface area contributed by atoms with E-state index in [1.54, 1.807) is 0 Å². The van der Waals surface area contributed by atoms with Crippen LogP contribution in [0.15, 0.2) is 29.1 Å². The van der Waals surface area contributed by atoms with Crippen LogP contribution in [0.2, 0.25) is 0 Å². The molecule has 0 bridgehead atoms. The Labute approximate surface area is 104 Å². The summed E-state index contributed by atoms with van der Waals surface area (Å²) in [5.74, 6) is 0. The second-order valence-corrected chi connectivity index (χ2v) is 4.05. The predicted octanol–water partition coefficient (Wildman–Crippen LogP) is 0.314. The van der Waals surface area contributed by atoms with Gasteiger partial charge in [0.1, 0.15) is 5.69 Å². The summed E-state index contributed by atoms with van der Waals surface area (Å²) in [4.78, 5) is 16.5. The molecule has 1 aromatic carbocycles. The third-order valence-corrected chi connectivity index (χ3v) is 2.82. The van der Waals surface area contributed by atoms with Crippen LogP contribution in [0.3, 0.4) is 0 Å². The maximum absolute atomic E-state index is 12.2. The molecule has 0 saturated heterocycles. The number of aromatic nitrogens is 2. The van der Waals surface area contributed by atoms with Crippen LogP contribution >= 0.6 is 0 Å². The van der Waals surface area contributed by atoms with E-state index < -0.39 is 0 Å². The minimum absolute atomic E-state index is 0.0357. The minimum Gasteiger partial charge on any atom is -0.396 e. The van der Waals surface area contributed by atoms with Gasteiger partial charge in [0.05, 0.1) is 17.6 Å². The lowest BCUT2D eigenvalue weighted by Gasteiger charge is -2.10. The number of rotatable bonds is 5. The Balaban J connectivity index is 2.59. The fourth-order valence-corrected chi connectivity index (χ4v) is 1.98. The van der Waals surface area contributed by atoms with Gasteiger partial charge in [0.2, 0.25) is 0 Å². The van der Waals surface area contributed by atoms with E-state index >= 15 is 0 Å². The molecule has 0 aliphatic carbocycles. The number of nitrogens with zero attached hydrogens (tertiary/aromatic N) is 2. The van der Waals surface area contributed by atoms with E-state index in [-0.39, 0.29) is 25.3 Å². The smallest absolute Gasteiger partial charge is 0.272 e. The molecule has 18 heavy (non-hydrogen) atoms. The molecule has 0 atom stereocenters. The Bertz CT molecular complexity index is 592. The molecule has 0 saturated carbocycles. The van der Waals surface area contributed by atoms with Crippen molar-refractivity contribution >= 4 is 11.0 Å². The topological polar surface area (TPSA) is 75.3 Å². The van der Waals surface area contributed by atoms with Crippen molar-refractivity contribution in [2.24, 2.45) is 0 Å². The molecule has 0 spiro atoms. The highest BCUT2D eigenvalue weighted by Crippen LogP contribution is 2.10. The van der Waals surface area contributed by atoms with Crippen molar-refractivity contribution in [3.05, 3.63) is 40.3 Å². The van der Waals surface area contributed by atoms with Gasteiger partial charge in [0.25, 0.3) is 5.56 Å². The molecule has 0 amide bonds. The zero-order chi connectivity index (χ0) is 13.0. The standard InChI is InChI=1S/C13H16N2O3/c16-8-3-5-11-13(18)15(7-9-17)12-6-2-1-4-10(12)14-11/h1-2,4,6,16-17H,3,5,7-9H2. The van der Waals surface area contributed by atoms with Crippen molar-refractivity contribution in [1.29, 1.82) is 0 Å². The molecular formula is C13H16N2O3. The third kappa shape index (κ3) is 2.42. The second kappa shape index (κ2) is 5.75. The molecule has 2 N–H and O–H groups in total. The summed E-state index contributed by atoms with van der Waals surface area (Å²) in [6.07, 6.45) is 0.964. The molecule has 1 aromatic heterocycles. The Morgan fingerprint density at radius 1 is 1.17 bits per heavy atom. The predicted molar refractivity (Wildman–Crippen MR) is 68.5 cm³/mol. The molecule has 0 fully saturated rings. The van der Waals surface area contributed by atoms with Crippen LogP contribution in [0.25, 0.3) is 11.0 Å². The SMILES string of the molecule is O=c1c(CCCO)nc2ccccc2n1CCO. The van der Waals surface area contributed by atoms with Crippen LogP contribution in [0.5, 0.6) is 0 Å². The lowest BCUT2D eigenvalue weighted by Crippen LogP contribution is -2.27. The number of hydrogen-bond acceptors (Lipinski definition) is 4. The molecule has 5 nitrogen and oxygen atoms in total. The van der Waals surface area contributed by atoms with Gasteiger partial charge in [-0.1, -0.05) is 12.1 Å². The molecule has 0 unspecified atom stereocenters. The van der Waals surface area contributed by atoms with Gasteiger partial charge in [-0.05, 0) is 25.0 Å². The van der Waals surface area contributed by atoms with Crippen molar-refractivity contribution in [2.75, 3.05) is 13.2 Å². The van der Waals surface area contributed by atoms with Crippen molar-refractivity contribution in [1.82, 2.24) is 9.55 Å². The first-order valence-electron chi connectivity index (χ1n) is 5.98. The van der Waals surface area contributed by atoms with Gasteiger partial charge in [-0.2, -0.15) is 0 Å². The third-order valence-electron chi connectivity index (χ3n) is 2.82. The Kier molecular flexibility index (Phi) is 4.07. The molecule has 0 aliphatic heterocycles. The fourth-order valence-electron chi connectivity index (χ4n) is 1.98. The summed E-state index contributed by atoms with van der Waals surface area (Å²) in [6, 6.07) is 7.35. The van der Waals surface area contributed by atoms with Crippen molar-refractivity contribution < 1.29 is 10.2 Å². The van der Waals surface area contributed by atoms with Crippen molar-refractivity contribution in [3.63, 3.8) is 0 Å². The first kappa shape index (κ1) is 12.7. The minimum atomic E-state index is -0.184. The molecule has 2 aromatic rings. The molecule has 2 rings (SSSR count). The largest absolute Gasteiger partial charge is 0.396 e. The molecule has 1 heterocycles. The molecule has 96 valence electrons. The van der Waals surface area contributed by atoms with Gasteiger partial charge in [-0.3, -0.25) is 4.79 Å². The summed E-state index contributed by atoms with van der Waals surface area (Å²) in [6.45, 7) is 0.204. The number of para-hydroxylation sites is 2. The van der Waals surface area contributed by atoms with Crippen molar-refractivity contribution in [3.8, 4) is 0 Å². The number of aliphatic hydroxyl groups is 2. The highest BCUT2D eigenvalue weighted by molar-refractivity contribution is 5.74. The number of fused-ring (bicyclic) bond motifs is 1. The fraction of sp³-hybridized carbons (Fsp3) is 0.385. The van der Waals surface area contributed by atoms with E-state index in [2.05, 4.69) is 4.98 Å². The Hall–Kier alpha value is -1.72. The van der Waals surface area contributed by atoms with Crippen LogP contribution in [0.1, 0.15) is 12.1 Å². The maximum atomic E-state index is 12.2. The van der Waals surface area contributed by atoms with E-state index in [4.69, 9.17) is 10.2 Å². The van der Waals surface area contributed by atoms with Gasteiger partial charge in [0, 0.05) is 13.2 Å². The summed E-state index contributed by atoms with van der Waals surface area (Å²) in [5, 5.41) is 17.9. The summed E-state index contributed by atoms with van der Waals surface area (Å²) < 4.78 is 1.54. The highest BCUT2D eigenvalue weighted by atomic mass is 16.3. The van der Waals surface area contributed by atoms with Crippen LogP contribution in [-0.4, -0.2) is 33.0 Å². The second-order valence-electron chi connectivity index (χ2n) is 4.05. The van der Waals surface area contributed by atoms with Gasteiger partial charge in [-0.25, -0.2) is 4.98 Å². The van der Waals surface area contributed by atoms with E-state index in [0.29, 0.717) is 18.5 Å². The summed E-state index contributed by atoms with van der Waals surface area (Å²) >= 11 is 0. The van der Waals surface area contributed by atoms with Crippen LogP contribution in [0.4, 0.5) is 0 Å². The molecule has 0 radical (unpaired) electrons. The van der Waals surface area contributed by atoms with Gasteiger partial charge in [0.15, 0.2) is 0 Å². The monoisotopic (exact) mass is 248 g/mol. The molecule has 5 heteroatoms. The zero-order valence-corrected chi connectivity index (χ0v) is 10.0. The summed E-state index contributed by atoms with van der Waals surface area (Å²) in [7, 11) is 0. The van der Waals surface area contributed by atoms with Gasteiger partial charge >= 0.3 is 0 Å². The number of aryl methyl sites for hydroxylation is 1. The number of hydrogen-bond donors (Lipinski definition) is 2. The lowest BCUT2D eigenvalue weighted by atomic mass is 10.2. The molecule has 0 aliphatic rings. The maximum Gasteiger partial charge on any atom is 0.272 e. The van der Waals surface area contributed by atoms with E-state index in [1.807, 2.05) is 24.3 Å². The average molecular weight is 248 g/mol. The highest BCUT2D eigenvalue weighted by Gasteiger charge is 2.09. The Morgan fingerprint density at radius 3 is 2.67 bits per heavy atom. The zero-order valence-electron chi connectivity index (χ0n) is 10.0. The van der Waals surface area contributed by atoms with Gasteiger partial charge in [-0.15, -0.1) is 0 Å². The first-order valence-corrected chi connectivity index (χ1v) is 5.98. The van der Waals surface area contributed by atoms with Crippen LogP contribution in [0, 0.1) is 0 Å². The average Bonchev–Trinajstić information content (AvgIpc) is 2.40. The lowest BCUT2D eigenvalue weighted by molar-refractivity contribution is 0.275. The van der Waals surface area contributed by atoms with E-state index in [1.165, 1.54) is 4.57 Å². The first-order chi connectivity index (χ1) is 8.77.